The summed E-state index contributed by atoms with van der Waals surface area (Å²) >= 11 is 0. The van der Waals surface area contributed by atoms with Crippen molar-refractivity contribution in [3.63, 3.8) is 0 Å². The van der Waals surface area contributed by atoms with E-state index in [4.69, 9.17) is 19.9 Å². The van der Waals surface area contributed by atoms with E-state index in [9.17, 15) is 0 Å². The lowest BCUT2D eigenvalue weighted by molar-refractivity contribution is -0.179. The SMILES string of the molecule is CCC1CCCCC1OC1CC(N)C1OCCOC. The van der Waals surface area contributed by atoms with Gasteiger partial charge in [-0.25, -0.2) is 0 Å². The van der Waals surface area contributed by atoms with Crippen molar-refractivity contribution in [3.05, 3.63) is 0 Å². The van der Waals surface area contributed by atoms with Crippen molar-refractivity contribution in [1.29, 1.82) is 0 Å². The summed E-state index contributed by atoms with van der Waals surface area (Å²) in [5.41, 5.74) is 6.02. The minimum atomic E-state index is 0.0644. The molecule has 0 heterocycles. The fraction of sp³-hybridized carbons (Fsp3) is 1.00. The van der Waals surface area contributed by atoms with Crippen LogP contribution in [0.5, 0.6) is 0 Å². The first-order valence-corrected chi connectivity index (χ1v) is 7.77. The van der Waals surface area contributed by atoms with Crippen molar-refractivity contribution in [2.45, 2.75) is 69.8 Å². The molecule has 0 aromatic rings. The van der Waals surface area contributed by atoms with E-state index < -0.39 is 0 Å². The minimum absolute atomic E-state index is 0.0644. The monoisotopic (exact) mass is 271 g/mol. The first-order valence-electron chi connectivity index (χ1n) is 7.77. The molecule has 2 aliphatic carbocycles. The smallest absolute Gasteiger partial charge is 0.0989 e. The fourth-order valence-electron chi connectivity index (χ4n) is 3.29. The summed E-state index contributed by atoms with van der Waals surface area (Å²) in [6.45, 7) is 3.50. The molecule has 5 atom stereocenters. The van der Waals surface area contributed by atoms with Gasteiger partial charge in [-0.15, -0.1) is 0 Å². The molecule has 0 aromatic heterocycles. The Hall–Kier alpha value is -0.160. The highest BCUT2D eigenvalue weighted by Gasteiger charge is 2.42. The van der Waals surface area contributed by atoms with Crippen molar-refractivity contribution < 1.29 is 14.2 Å². The van der Waals surface area contributed by atoms with Gasteiger partial charge in [-0.3, -0.25) is 0 Å². The largest absolute Gasteiger partial charge is 0.382 e. The maximum Gasteiger partial charge on any atom is 0.0989 e. The van der Waals surface area contributed by atoms with Gasteiger partial charge in [-0.1, -0.05) is 26.2 Å². The molecule has 0 saturated heterocycles. The molecule has 2 fully saturated rings. The standard InChI is InChI=1S/C15H29NO3/c1-3-11-6-4-5-7-13(11)19-14-10-12(16)15(14)18-9-8-17-2/h11-15H,3-10,16H2,1-2H3. The second kappa shape index (κ2) is 7.58. The zero-order valence-electron chi connectivity index (χ0n) is 12.3. The molecule has 2 rings (SSSR count). The second-order valence-electron chi connectivity index (χ2n) is 5.89. The van der Waals surface area contributed by atoms with Crippen molar-refractivity contribution in [3.8, 4) is 0 Å². The highest BCUT2D eigenvalue weighted by molar-refractivity contribution is 4.96. The van der Waals surface area contributed by atoms with E-state index in [2.05, 4.69) is 6.92 Å². The van der Waals surface area contributed by atoms with Crippen molar-refractivity contribution in [2.24, 2.45) is 11.7 Å². The molecule has 5 unspecified atom stereocenters. The van der Waals surface area contributed by atoms with Gasteiger partial charge >= 0.3 is 0 Å². The zero-order valence-corrected chi connectivity index (χ0v) is 12.3. The third-order valence-corrected chi connectivity index (χ3v) is 4.60. The molecule has 0 aliphatic heterocycles. The van der Waals surface area contributed by atoms with Gasteiger partial charge < -0.3 is 19.9 Å². The van der Waals surface area contributed by atoms with Crippen LogP contribution < -0.4 is 5.73 Å². The molecular formula is C15H29NO3. The van der Waals surface area contributed by atoms with E-state index in [1.165, 1.54) is 32.1 Å². The molecule has 0 radical (unpaired) electrons. The molecule has 4 nitrogen and oxygen atoms in total. The Morgan fingerprint density at radius 1 is 1.11 bits per heavy atom. The van der Waals surface area contributed by atoms with E-state index in [0.717, 1.165) is 12.3 Å². The average molecular weight is 271 g/mol. The number of nitrogens with two attached hydrogens (primary N) is 1. The number of ether oxygens (including phenoxy) is 3. The van der Waals surface area contributed by atoms with Crippen LogP contribution in [0, 0.1) is 5.92 Å². The summed E-state index contributed by atoms with van der Waals surface area (Å²) in [7, 11) is 1.69. The molecule has 0 bridgehead atoms. The Morgan fingerprint density at radius 3 is 2.58 bits per heavy atom. The van der Waals surface area contributed by atoms with Gasteiger partial charge in [-0.2, -0.15) is 0 Å². The topological polar surface area (TPSA) is 53.7 Å². The van der Waals surface area contributed by atoms with Crippen molar-refractivity contribution in [2.75, 3.05) is 20.3 Å². The number of methoxy groups -OCH3 is 1. The minimum Gasteiger partial charge on any atom is -0.382 e. The summed E-state index contributed by atoms with van der Waals surface area (Å²) in [5, 5.41) is 0. The zero-order chi connectivity index (χ0) is 13.7. The number of hydrogen-bond acceptors (Lipinski definition) is 4. The molecule has 0 spiro atoms. The highest BCUT2D eigenvalue weighted by Crippen LogP contribution is 2.34. The first-order chi connectivity index (χ1) is 9.26. The summed E-state index contributed by atoms with van der Waals surface area (Å²) in [4.78, 5) is 0. The lowest BCUT2D eigenvalue weighted by Gasteiger charge is -2.45. The van der Waals surface area contributed by atoms with Gasteiger partial charge in [0.05, 0.1) is 31.5 Å². The van der Waals surface area contributed by atoms with Crippen LogP contribution in [0.1, 0.15) is 45.4 Å². The molecule has 0 aromatic carbocycles. The van der Waals surface area contributed by atoms with Crippen LogP contribution in [0.2, 0.25) is 0 Å². The summed E-state index contributed by atoms with van der Waals surface area (Å²) in [6, 6.07) is 0.130. The maximum atomic E-state index is 6.30. The Labute approximate surface area is 117 Å². The van der Waals surface area contributed by atoms with Crippen molar-refractivity contribution >= 4 is 0 Å². The van der Waals surface area contributed by atoms with Gasteiger partial charge in [0.15, 0.2) is 0 Å². The number of rotatable bonds is 7. The molecule has 2 N–H and O–H groups in total. The predicted molar refractivity (Wildman–Crippen MR) is 75.1 cm³/mol. The van der Waals surface area contributed by atoms with Crippen LogP contribution in [0.3, 0.4) is 0 Å². The first kappa shape index (κ1) is 15.2. The van der Waals surface area contributed by atoms with Gasteiger partial charge in [0.2, 0.25) is 0 Å². The van der Waals surface area contributed by atoms with Crippen LogP contribution >= 0.6 is 0 Å². The van der Waals surface area contributed by atoms with Gasteiger partial charge in [0.25, 0.3) is 0 Å². The summed E-state index contributed by atoms with van der Waals surface area (Å²) in [5.74, 6) is 0.727. The summed E-state index contributed by atoms with van der Waals surface area (Å²) < 4.78 is 17.1. The molecule has 112 valence electrons. The van der Waals surface area contributed by atoms with Crippen LogP contribution in [0.4, 0.5) is 0 Å². The molecule has 19 heavy (non-hydrogen) atoms. The van der Waals surface area contributed by atoms with Gasteiger partial charge in [0, 0.05) is 13.2 Å². The van der Waals surface area contributed by atoms with Gasteiger partial charge in [-0.05, 0) is 25.2 Å². The normalized spacial score (nSPS) is 39.0. The van der Waals surface area contributed by atoms with Crippen molar-refractivity contribution in [1.82, 2.24) is 0 Å². The quantitative estimate of drug-likeness (QED) is 0.721. The molecule has 0 amide bonds. The predicted octanol–water partition coefficient (Wildman–Crippen LogP) is 2.10. The Kier molecular flexibility index (Phi) is 6.07. The van der Waals surface area contributed by atoms with E-state index in [-0.39, 0.29) is 18.2 Å². The Morgan fingerprint density at radius 2 is 1.89 bits per heavy atom. The summed E-state index contributed by atoms with van der Waals surface area (Å²) in [6.07, 6.45) is 8.02. The van der Waals surface area contributed by atoms with E-state index in [1.54, 1.807) is 7.11 Å². The van der Waals surface area contributed by atoms with Crippen LogP contribution in [-0.4, -0.2) is 44.7 Å². The fourth-order valence-corrected chi connectivity index (χ4v) is 3.29. The third kappa shape index (κ3) is 3.91. The van der Waals surface area contributed by atoms with Crippen LogP contribution in [0.25, 0.3) is 0 Å². The second-order valence-corrected chi connectivity index (χ2v) is 5.89. The highest BCUT2D eigenvalue weighted by atomic mass is 16.6. The lowest BCUT2D eigenvalue weighted by Crippen LogP contribution is -2.59. The number of hydrogen-bond donors (Lipinski definition) is 1. The third-order valence-electron chi connectivity index (χ3n) is 4.60. The average Bonchev–Trinajstić information content (AvgIpc) is 2.43. The molecular weight excluding hydrogens is 242 g/mol. The van der Waals surface area contributed by atoms with Crippen LogP contribution in [0.15, 0.2) is 0 Å². The Balaban J connectivity index is 1.77. The molecule has 4 heteroatoms. The maximum absolute atomic E-state index is 6.30. The van der Waals surface area contributed by atoms with E-state index >= 15 is 0 Å². The van der Waals surface area contributed by atoms with E-state index in [0.29, 0.717) is 19.3 Å². The Bertz CT molecular complexity index is 262. The lowest BCUT2D eigenvalue weighted by atomic mass is 9.82. The van der Waals surface area contributed by atoms with E-state index in [1.807, 2.05) is 0 Å². The van der Waals surface area contributed by atoms with Crippen LogP contribution in [-0.2, 0) is 14.2 Å². The molecule has 2 saturated carbocycles. The molecule has 2 aliphatic rings. The van der Waals surface area contributed by atoms with Gasteiger partial charge in [0.1, 0.15) is 0 Å².